The lowest BCUT2D eigenvalue weighted by Crippen LogP contribution is -2.39. The van der Waals surface area contributed by atoms with Crippen LogP contribution in [0.2, 0.25) is 0 Å². The Kier molecular flexibility index (Phi) is 6.70. The Bertz CT molecular complexity index is 532. The number of benzene rings is 1. The molecule has 1 aliphatic carbocycles. The van der Waals surface area contributed by atoms with Crippen LogP contribution >= 0.6 is 0 Å². The quantitative estimate of drug-likeness (QED) is 0.708. The zero-order valence-corrected chi connectivity index (χ0v) is 14.9. The van der Waals surface area contributed by atoms with E-state index in [2.05, 4.69) is 22.8 Å². The SMILES string of the molecule is O=C(O)COc1ccc(C2CCC(NCC3CCNCC3)CC2)cc1. The van der Waals surface area contributed by atoms with E-state index in [9.17, 15) is 4.79 Å². The summed E-state index contributed by atoms with van der Waals surface area (Å²) in [5.74, 6) is 1.14. The molecule has 1 heterocycles. The molecule has 0 radical (unpaired) electrons. The third kappa shape index (κ3) is 5.72. The van der Waals surface area contributed by atoms with Crippen molar-refractivity contribution in [3.63, 3.8) is 0 Å². The predicted octanol–water partition coefficient (Wildman–Crippen LogP) is 2.77. The van der Waals surface area contributed by atoms with Crippen molar-refractivity contribution in [3.05, 3.63) is 29.8 Å². The second-order valence-electron chi connectivity index (χ2n) is 7.40. The van der Waals surface area contributed by atoms with E-state index in [0.29, 0.717) is 17.7 Å². The van der Waals surface area contributed by atoms with Crippen LogP contribution in [0, 0.1) is 5.92 Å². The van der Waals surface area contributed by atoms with Gasteiger partial charge in [-0.05, 0) is 87.7 Å². The Balaban J connectivity index is 1.40. The van der Waals surface area contributed by atoms with Gasteiger partial charge in [0.1, 0.15) is 5.75 Å². The van der Waals surface area contributed by atoms with Gasteiger partial charge in [-0.3, -0.25) is 0 Å². The molecular weight excluding hydrogens is 316 g/mol. The van der Waals surface area contributed by atoms with Crippen LogP contribution in [0.15, 0.2) is 24.3 Å². The first-order chi connectivity index (χ1) is 12.2. The van der Waals surface area contributed by atoms with Crippen molar-refractivity contribution in [2.75, 3.05) is 26.2 Å². The van der Waals surface area contributed by atoms with Crippen LogP contribution in [-0.4, -0.2) is 43.4 Å². The molecule has 25 heavy (non-hydrogen) atoms. The lowest BCUT2D eigenvalue weighted by molar-refractivity contribution is -0.139. The van der Waals surface area contributed by atoms with Crippen LogP contribution in [0.3, 0.4) is 0 Å². The maximum absolute atomic E-state index is 10.5. The number of carboxylic acids is 1. The molecule has 5 nitrogen and oxygen atoms in total. The highest BCUT2D eigenvalue weighted by Gasteiger charge is 2.23. The van der Waals surface area contributed by atoms with Crippen molar-refractivity contribution in [1.29, 1.82) is 0 Å². The van der Waals surface area contributed by atoms with Crippen LogP contribution < -0.4 is 15.4 Å². The summed E-state index contributed by atoms with van der Waals surface area (Å²) in [4.78, 5) is 10.5. The maximum atomic E-state index is 10.5. The van der Waals surface area contributed by atoms with E-state index < -0.39 is 5.97 Å². The van der Waals surface area contributed by atoms with Crippen molar-refractivity contribution in [1.82, 2.24) is 10.6 Å². The Morgan fingerprint density at radius 2 is 1.76 bits per heavy atom. The van der Waals surface area contributed by atoms with Gasteiger partial charge in [-0.25, -0.2) is 4.79 Å². The molecule has 0 amide bonds. The summed E-state index contributed by atoms with van der Waals surface area (Å²) in [7, 11) is 0. The standard InChI is InChI=1S/C20H30N2O3/c23-20(24)14-25-19-7-3-17(4-8-19)16-1-5-18(6-2-16)22-13-15-9-11-21-12-10-15/h3-4,7-8,15-16,18,21-22H,1-2,5-6,9-14H2,(H,23,24). The first-order valence-corrected chi connectivity index (χ1v) is 9.59. The molecule has 1 aliphatic heterocycles. The molecule has 0 bridgehead atoms. The minimum Gasteiger partial charge on any atom is -0.482 e. The fraction of sp³-hybridized carbons (Fsp3) is 0.650. The van der Waals surface area contributed by atoms with Crippen molar-refractivity contribution in [3.8, 4) is 5.75 Å². The second-order valence-corrected chi connectivity index (χ2v) is 7.40. The molecule has 2 fully saturated rings. The average Bonchev–Trinajstić information content (AvgIpc) is 2.66. The van der Waals surface area contributed by atoms with E-state index in [1.165, 1.54) is 63.7 Å². The topological polar surface area (TPSA) is 70.6 Å². The van der Waals surface area contributed by atoms with Gasteiger partial charge in [0.05, 0.1) is 0 Å². The molecule has 5 heteroatoms. The first kappa shape index (κ1) is 18.2. The number of hydrogen-bond acceptors (Lipinski definition) is 4. The zero-order valence-electron chi connectivity index (χ0n) is 14.9. The Morgan fingerprint density at radius 3 is 2.40 bits per heavy atom. The van der Waals surface area contributed by atoms with E-state index in [-0.39, 0.29) is 6.61 Å². The summed E-state index contributed by atoms with van der Waals surface area (Å²) in [5.41, 5.74) is 1.35. The number of carbonyl (C=O) groups is 1. The summed E-state index contributed by atoms with van der Waals surface area (Å²) in [6, 6.07) is 8.62. The predicted molar refractivity (Wildman–Crippen MR) is 98.2 cm³/mol. The Morgan fingerprint density at radius 1 is 1.08 bits per heavy atom. The average molecular weight is 346 g/mol. The third-order valence-electron chi connectivity index (χ3n) is 5.59. The van der Waals surface area contributed by atoms with Gasteiger partial charge in [-0.15, -0.1) is 0 Å². The summed E-state index contributed by atoms with van der Waals surface area (Å²) < 4.78 is 5.20. The Labute approximate surface area is 150 Å². The number of rotatable bonds is 7. The largest absolute Gasteiger partial charge is 0.482 e. The zero-order chi connectivity index (χ0) is 17.5. The number of ether oxygens (including phenoxy) is 1. The van der Waals surface area contributed by atoms with E-state index >= 15 is 0 Å². The first-order valence-electron chi connectivity index (χ1n) is 9.59. The van der Waals surface area contributed by atoms with Gasteiger partial charge in [0.15, 0.2) is 6.61 Å². The fourth-order valence-corrected chi connectivity index (χ4v) is 4.03. The van der Waals surface area contributed by atoms with Crippen LogP contribution in [0.25, 0.3) is 0 Å². The molecule has 1 saturated carbocycles. The molecule has 3 rings (SSSR count). The molecule has 1 saturated heterocycles. The van der Waals surface area contributed by atoms with Crippen LogP contribution in [0.5, 0.6) is 5.75 Å². The molecule has 0 unspecified atom stereocenters. The number of hydrogen-bond donors (Lipinski definition) is 3. The molecule has 138 valence electrons. The summed E-state index contributed by atoms with van der Waals surface area (Å²) in [5, 5.41) is 15.9. The number of piperidine rings is 1. The maximum Gasteiger partial charge on any atom is 0.341 e. The van der Waals surface area contributed by atoms with Gasteiger partial charge < -0.3 is 20.5 Å². The second kappa shape index (κ2) is 9.20. The summed E-state index contributed by atoms with van der Waals surface area (Å²) in [6.07, 6.45) is 7.54. The van der Waals surface area contributed by atoms with Crippen molar-refractivity contribution in [2.24, 2.45) is 5.92 Å². The number of carboxylic acid groups (broad SMARTS) is 1. The third-order valence-corrected chi connectivity index (χ3v) is 5.59. The highest BCUT2D eigenvalue weighted by molar-refractivity contribution is 5.68. The van der Waals surface area contributed by atoms with Gasteiger partial charge in [0.2, 0.25) is 0 Å². The summed E-state index contributed by atoms with van der Waals surface area (Å²) >= 11 is 0. The number of nitrogens with one attached hydrogen (secondary N) is 2. The van der Waals surface area contributed by atoms with Crippen molar-refractivity contribution < 1.29 is 14.6 Å². The molecule has 2 aliphatic rings. The van der Waals surface area contributed by atoms with Crippen LogP contribution in [-0.2, 0) is 4.79 Å². The lowest BCUT2D eigenvalue weighted by atomic mass is 9.81. The smallest absolute Gasteiger partial charge is 0.341 e. The molecule has 0 aromatic heterocycles. The van der Waals surface area contributed by atoms with Crippen molar-refractivity contribution >= 4 is 5.97 Å². The van der Waals surface area contributed by atoms with Gasteiger partial charge in [-0.1, -0.05) is 12.1 Å². The van der Waals surface area contributed by atoms with Gasteiger partial charge >= 0.3 is 5.97 Å². The Hall–Kier alpha value is -1.59. The molecule has 0 atom stereocenters. The molecule has 1 aromatic carbocycles. The molecule has 1 aromatic rings. The monoisotopic (exact) mass is 346 g/mol. The fourth-order valence-electron chi connectivity index (χ4n) is 4.03. The van der Waals surface area contributed by atoms with Crippen molar-refractivity contribution in [2.45, 2.75) is 50.5 Å². The van der Waals surface area contributed by atoms with Gasteiger partial charge in [0, 0.05) is 6.04 Å². The molecule has 0 spiro atoms. The van der Waals surface area contributed by atoms with E-state index in [1.807, 2.05) is 12.1 Å². The highest BCUT2D eigenvalue weighted by atomic mass is 16.5. The highest BCUT2D eigenvalue weighted by Crippen LogP contribution is 2.33. The summed E-state index contributed by atoms with van der Waals surface area (Å²) in [6.45, 7) is 3.23. The van der Waals surface area contributed by atoms with E-state index in [4.69, 9.17) is 9.84 Å². The lowest BCUT2D eigenvalue weighted by Gasteiger charge is -2.31. The minimum atomic E-state index is -0.945. The molecular formula is C20H30N2O3. The van der Waals surface area contributed by atoms with Gasteiger partial charge in [0.25, 0.3) is 0 Å². The number of aliphatic carboxylic acids is 1. The van der Waals surface area contributed by atoms with Gasteiger partial charge in [-0.2, -0.15) is 0 Å². The minimum absolute atomic E-state index is 0.285. The van der Waals surface area contributed by atoms with Crippen LogP contribution in [0.4, 0.5) is 0 Å². The van der Waals surface area contributed by atoms with E-state index in [1.54, 1.807) is 0 Å². The normalized spacial score (nSPS) is 24.8. The molecule has 3 N–H and O–H groups in total. The van der Waals surface area contributed by atoms with E-state index in [0.717, 1.165) is 5.92 Å². The van der Waals surface area contributed by atoms with Crippen LogP contribution in [0.1, 0.15) is 50.0 Å².